The van der Waals surface area contributed by atoms with Gasteiger partial charge in [-0.1, -0.05) is 17.9 Å². The number of hydrogen-bond acceptors (Lipinski definition) is 1. The Morgan fingerprint density at radius 1 is 1.50 bits per heavy atom. The van der Waals surface area contributed by atoms with Crippen LogP contribution in [0.4, 0.5) is 4.39 Å². The van der Waals surface area contributed by atoms with Crippen molar-refractivity contribution in [2.75, 3.05) is 13.0 Å². The molecule has 1 nitrogen and oxygen atoms in total. The van der Waals surface area contributed by atoms with E-state index in [9.17, 15) is 4.39 Å². The molecule has 0 saturated carbocycles. The predicted molar refractivity (Wildman–Crippen MR) is 55.2 cm³/mol. The summed E-state index contributed by atoms with van der Waals surface area (Å²) in [4.78, 5) is 0. The van der Waals surface area contributed by atoms with E-state index in [0.717, 1.165) is 0 Å². The van der Waals surface area contributed by atoms with E-state index in [-0.39, 0.29) is 5.82 Å². The summed E-state index contributed by atoms with van der Waals surface area (Å²) in [6, 6.07) is 4.61. The lowest BCUT2D eigenvalue weighted by Crippen LogP contribution is -1.91. The van der Waals surface area contributed by atoms with Gasteiger partial charge in [0.2, 0.25) is 0 Å². The minimum atomic E-state index is -0.369. The van der Waals surface area contributed by atoms with Crippen LogP contribution in [0.1, 0.15) is 12.0 Å². The van der Waals surface area contributed by atoms with Crippen molar-refractivity contribution in [3.05, 3.63) is 29.6 Å². The van der Waals surface area contributed by atoms with E-state index in [1.54, 1.807) is 12.1 Å². The van der Waals surface area contributed by atoms with Crippen LogP contribution in [0.5, 0.6) is 5.75 Å². The van der Waals surface area contributed by atoms with Crippen LogP contribution in [0.3, 0.4) is 0 Å². The van der Waals surface area contributed by atoms with E-state index in [1.807, 2.05) is 0 Å². The molecule has 1 aromatic carbocycles. The van der Waals surface area contributed by atoms with Crippen LogP contribution in [-0.4, -0.2) is 13.0 Å². The van der Waals surface area contributed by atoms with E-state index in [0.29, 0.717) is 23.6 Å². The largest absolute Gasteiger partial charge is 0.495 e. The van der Waals surface area contributed by atoms with Crippen molar-refractivity contribution in [3.63, 3.8) is 0 Å². The normalized spacial score (nSPS) is 9.07. The fraction of sp³-hybridized carbons (Fsp3) is 0.273. The highest BCUT2D eigenvalue weighted by atomic mass is 35.5. The Morgan fingerprint density at radius 2 is 2.29 bits per heavy atom. The minimum absolute atomic E-state index is 0.292. The zero-order valence-electron chi connectivity index (χ0n) is 7.81. The molecule has 0 aliphatic heterocycles. The lowest BCUT2D eigenvalue weighted by atomic mass is 10.2. The van der Waals surface area contributed by atoms with Gasteiger partial charge in [-0.3, -0.25) is 0 Å². The molecule has 0 heterocycles. The molecule has 0 N–H and O–H groups in total. The van der Waals surface area contributed by atoms with Crippen LogP contribution in [0.15, 0.2) is 18.2 Å². The molecular formula is C11H10ClFO. The second kappa shape index (κ2) is 5.51. The summed E-state index contributed by atoms with van der Waals surface area (Å²) >= 11 is 5.45. The third-order valence-electron chi connectivity index (χ3n) is 1.63. The first-order valence-electron chi connectivity index (χ1n) is 4.17. The number of methoxy groups -OCH3 is 1. The van der Waals surface area contributed by atoms with Gasteiger partial charge in [0.05, 0.1) is 7.11 Å². The molecule has 0 atom stereocenters. The lowest BCUT2D eigenvalue weighted by molar-refractivity contribution is 0.409. The molecule has 1 rings (SSSR count). The van der Waals surface area contributed by atoms with Crippen molar-refractivity contribution in [3.8, 4) is 17.6 Å². The Balaban J connectivity index is 3.00. The first-order valence-corrected chi connectivity index (χ1v) is 4.70. The van der Waals surface area contributed by atoms with E-state index in [2.05, 4.69) is 11.8 Å². The smallest absolute Gasteiger partial charge is 0.142 e. The Bertz CT molecular complexity index is 365. The molecule has 74 valence electrons. The SMILES string of the molecule is COc1cccc(F)c1C#CCCCl. The maximum absolute atomic E-state index is 13.2. The van der Waals surface area contributed by atoms with Crippen LogP contribution in [0.25, 0.3) is 0 Å². The van der Waals surface area contributed by atoms with Gasteiger partial charge in [-0.2, -0.15) is 0 Å². The van der Waals surface area contributed by atoms with Gasteiger partial charge in [-0.05, 0) is 12.1 Å². The molecule has 0 bridgehead atoms. The average molecular weight is 213 g/mol. The van der Waals surface area contributed by atoms with E-state index in [1.165, 1.54) is 13.2 Å². The van der Waals surface area contributed by atoms with Crippen LogP contribution >= 0.6 is 11.6 Å². The number of rotatable bonds is 2. The zero-order chi connectivity index (χ0) is 10.4. The summed E-state index contributed by atoms with van der Waals surface area (Å²) in [6.07, 6.45) is 0.541. The molecule has 0 aliphatic carbocycles. The van der Waals surface area contributed by atoms with Crippen LogP contribution in [-0.2, 0) is 0 Å². The van der Waals surface area contributed by atoms with Gasteiger partial charge < -0.3 is 4.74 Å². The lowest BCUT2D eigenvalue weighted by Gasteiger charge is -2.02. The Kier molecular flexibility index (Phi) is 4.28. The van der Waals surface area contributed by atoms with Crippen molar-refractivity contribution in [2.45, 2.75) is 6.42 Å². The van der Waals surface area contributed by atoms with Crippen molar-refractivity contribution < 1.29 is 9.13 Å². The van der Waals surface area contributed by atoms with Crippen molar-refractivity contribution in [2.24, 2.45) is 0 Å². The fourth-order valence-corrected chi connectivity index (χ4v) is 1.09. The van der Waals surface area contributed by atoms with E-state index in [4.69, 9.17) is 16.3 Å². The molecule has 0 spiro atoms. The molecular weight excluding hydrogens is 203 g/mol. The van der Waals surface area contributed by atoms with Crippen molar-refractivity contribution in [1.82, 2.24) is 0 Å². The van der Waals surface area contributed by atoms with Gasteiger partial charge in [0, 0.05) is 12.3 Å². The number of ether oxygens (including phenoxy) is 1. The average Bonchev–Trinajstić information content (AvgIpc) is 2.20. The third-order valence-corrected chi connectivity index (χ3v) is 1.82. The summed E-state index contributed by atoms with van der Waals surface area (Å²) < 4.78 is 18.2. The number of alkyl halides is 1. The summed E-state index contributed by atoms with van der Waals surface area (Å²) in [7, 11) is 1.49. The van der Waals surface area contributed by atoms with Gasteiger partial charge >= 0.3 is 0 Å². The van der Waals surface area contributed by atoms with Crippen LogP contribution in [0.2, 0.25) is 0 Å². The van der Waals surface area contributed by atoms with Gasteiger partial charge in [-0.15, -0.1) is 11.6 Å². The van der Waals surface area contributed by atoms with Gasteiger partial charge in [-0.25, -0.2) is 4.39 Å². The molecule has 0 saturated heterocycles. The molecule has 0 radical (unpaired) electrons. The maximum Gasteiger partial charge on any atom is 0.142 e. The van der Waals surface area contributed by atoms with Gasteiger partial charge in [0.1, 0.15) is 17.1 Å². The molecule has 0 amide bonds. The van der Waals surface area contributed by atoms with Crippen molar-refractivity contribution in [1.29, 1.82) is 0 Å². The summed E-state index contributed by atoms with van der Waals surface area (Å²) in [5.41, 5.74) is 0.292. The highest BCUT2D eigenvalue weighted by Gasteiger charge is 2.04. The maximum atomic E-state index is 13.2. The highest BCUT2D eigenvalue weighted by molar-refractivity contribution is 6.18. The molecule has 0 aliphatic rings. The van der Waals surface area contributed by atoms with Crippen molar-refractivity contribution >= 4 is 11.6 Å². The van der Waals surface area contributed by atoms with Gasteiger partial charge in [0.15, 0.2) is 0 Å². The number of benzene rings is 1. The number of halogens is 2. The first kappa shape index (κ1) is 10.9. The van der Waals surface area contributed by atoms with Crippen LogP contribution in [0, 0.1) is 17.7 Å². The Morgan fingerprint density at radius 3 is 2.93 bits per heavy atom. The first-order chi connectivity index (χ1) is 6.79. The predicted octanol–water partition coefficient (Wildman–Crippen LogP) is 2.81. The molecule has 0 fully saturated rings. The van der Waals surface area contributed by atoms with Crippen LogP contribution < -0.4 is 4.74 Å². The summed E-state index contributed by atoms with van der Waals surface area (Å²) in [5.74, 6) is 5.99. The van der Waals surface area contributed by atoms with E-state index >= 15 is 0 Å². The molecule has 3 heteroatoms. The summed E-state index contributed by atoms with van der Waals surface area (Å²) in [6.45, 7) is 0. The second-order valence-electron chi connectivity index (χ2n) is 2.56. The topological polar surface area (TPSA) is 9.23 Å². The number of hydrogen-bond donors (Lipinski definition) is 0. The standard InChI is InChI=1S/C11H10ClFO/c1-14-11-7-4-6-10(13)9(11)5-2-3-8-12/h4,6-7H,3,8H2,1H3. The zero-order valence-corrected chi connectivity index (χ0v) is 8.57. The Labute approximate surface area is 87.8 Å². The Hall–Kier alpha value is -1.20. The highest BCUT2D eigenvalue weighted by Crippen LogP contribution is 2.19. The van der Waals surface area contributed by atoms with E-state index < -0.39 is 0 Å². The minimum Gasteiger partial charge on any atom is -0.495 e. The van der Waals surface area contributed by atoms with Gasteiger partial charge in [0.25, 0.3) is 0 Å². The fourth-order valence-electron chi connectivity index (χ4n) is 0.994. The monoisotopic (exact) mass is 212 g/mol. The summed E-state index contributed by atoms with van der Waals surface area (Å²) in [5, 5.41) is 0. The quantitative estimate of drug-likeness (QED) is 0.541. The second-order valence-corrected chi connectivity index (χ2v) is 2.94. The molecule has 0 unspecified atom stereocenters. The molecule has 0 aromatic heterocycles. The third kappa shape index (κ3) is 2.65. The molecule has 14 heavy (non-hydrogen) atoms. The molecule has 1 aromatic rings.